The standard InChI is InChI=1S/C19H24N2O2S/c1-23-18-5-3-16(4-6-18)7-11-20-9-2-10-21(13-12-20)19(22)17-8-14-24-15-17/h3-6,8,14-15H,2,7,9-13H2,1H3. The fourth-order valence-corrected chi connectivity index (χ4v) is 3.68. The SMILES string of the molecule is COc1ccc(CCN2CCCN(C(=O)c3ccsc3)CC2)cc1. The van der Waals surface area contributed by atoms with E-state index in [-0.39, 0.29) is 5.91 Å². The summed E-state index contributed by atoms with van der Waals surface area (Å²) in [5, 5.41) is 3.90. The average Bonchev–Trinajstić information content (AvgIpc) is 3.06. The van der Waals surface area contributed by atoms with E-state index in [1.54, 1.807) is 18.4 Å². The van der Waals surface area contributed by atoms with Crippen molar-refractivity contribution in [2.75, 3.05) is 39.8 Å². The molecule has 4 nitrogen and oxygen atoms in total. The summed E-state index contributed by atoms with van der Waals surface area (Å²) in [4.78, 5) is 16.9. The summed E-state index contributed by atoms with van der Waals surface area (Å²) in [5.41, 5.74) is 2.15. The van der Waals surface area contributed by atoms with Crippen LogP contribution in [0.25, 0.3) is 0 Å². The fourth-order valence-electron chi connectivity index (χ4n) is 3.05. The van der Waals surface area contributed by atoms with Gasteiger partial charge in [-0.1, -0.05) is 12.1 Å². The molecule has 0 atom stereocenters. The van der Waals surface area contributed by atoms with Crippen LogP contribution >= 0.6 is 11.3 Å². The molecule has 0 aliphatic carbocycles. The summed E-state index contributed by atoms with van der Waals surface area (Å²) in [6.45, 7) is 4.72. The van der Waals surface area contributed by atoms with Crippen LogP contribution in [0.1, 0.15) is 22.3 Å². The highest BCUT2D eigenvalue weighted by molar-refractivity contribution is 7.08. The molecule has 1 saturated heterocycles. The van der Waals surface area contributed by atoms with E-state index in [1.165, 1.54) is 5.56 Å². The van der Waals surface area contributed by atoms with Gasteiger partial charge in [0.05, 0.1) is 12.7 Å². The van der Waals surface area contributed by atoms with Gasteiger partial charge >= 0.3 is 0 Å². The van der Waals surface area contributed by atoms with Gasteiger partial charge in [0.2, 0.25) is 0 Å². The minimum absolute atomic E-state index is 0.174. The second kappa shape index (κ2) is 8.31. The zero-order valence-electron chi connectivity index (χ0n) is 14.1. The lowest BCUT2D eigenvalue weighted by Crippen LogP contribution is -2.35. The molecule has 2 aromatic rings. The van der Waals surface area contributed by atoms with Crippen LogP contribution in [0.3, 0.4) is 0 Å². The van der Waals surface area contributed by atoms with Gasteiger partial charge in [-0.25, -0.2) is 0 Å². The molecule has 1 aromatic heterocycles. The first-order chi connectivity index (χ1) is 11.8. The van der Waals surface area contributed by atoms with Gasteiger partial charge in [-0.15, -0.1) is 0 Å². The number of hydrogen-bond acceptors (Lipinski definition) is 4. The molecule has 128 valence electrons. The summed E-state index contributed by atoms with van der Waals surface area (Å²) in [6, 6.07) is 10.2. The smallest absolute Gasteiger partial charge is 0.254 e. The quantitative estimate of drug-likeness (QED) is 0.835. The number of carbonyl (C=O) groups is 1. The number of hydrogen-bond donors (Lipinski definition) is 0. The van der Waals surface area contributed by atoms with Crippen molar-refractivity contribution < 1.29 is 9.53 Å². The van der Waals surface area contributed by atoms with Crippen molar-refractivity contribution in [2.45, 2.75) is 12.8 Å². The van der Waals surface area contributed by atoms with Gasteiger partial charge in [-0.3, -0.25) is 4.79 Å². The summed E-state index contributed by atoms with van der Waals surface area (Å²) in [6.07, 6.45) is 2.07. The first kappa shape index (κ1) is 17.0. The molecule has 2 heterocycles. The minimum Gasteiger partial charge on any atom is -0.497 e. The lowest BCUT2D eigenvalue weighted by atomic mass is 10.1. The highest BCUT2D eigenvalue weighted by atomic mass is 32.1. The molecule has 0 saturated carbocycles. The van der Waals surface area contributed by atoms with E-state index in [1.807, 2.05) is 33.9 Å². The third-order valence-electron chi connectivity index (χ3n) is 4.52. The Labute approximate surface area is 147 Å². The largest absolute Gasteiger partial charge is 0.497 e. The summed E-state index contributed by atoms with van der Waals surface area (Å²) in [5.74, 6) is 1.07. The Morgan fingerprint density at radius 2 is 1.96 bits per heavy atom. The van der Waals surface area contributed by atoms with Gasteiger partial charge in [0.15, 0.2) is 0 Å². The van der Waals surface area contributed by atoms with Crippen molar-refractivity contribution in [3.05, 3.63) is 52.2 Å². The van der Waals surface area contributed by atoms with Crippen LogP contribution in [-0.2, 0) is 6.42 Å². The minimum atomic E-state index is 0.174. The second-order valence-electron chi connectivity index (χ2n) is 6.10. The van der Waals surface area contributed by atoms with E-state index in [9.17, 15) is 4.79 Å². The highest BCUT2D eigenvalue weighted by Crippen LogP contribution is 2.14. The van der Waals surface area contributed by atoms with Crippen LogP contribution in [0.4, 0.5) is 0 Å². The lowest BCUT2D eigenvalue weighted by Gasteiger charge is -2.21. The van der Waals surface area contributed by atoms with E-state index in [4.69, 9.17) is 4.74 Å². The number of benzene rings is 1. The number of methoxy groups -OCH3 is 1. The van der Waals surface area contributed by atoms with Gasteiger partial charge in [0.1, 0.15) is 5.75 Å². The van der Waals surface area contributed by atoms with E-state index >= 15 is 0 Å². The van der Waals surface area contributed by atoms with E-state index < -0.39 is 0 Å². The molecule has 0 unspecified atom stereocenters. The molecule has 0 bridgehead atoms. The summed E-state index contributed by atoms with van der Waals surface area (Å²) in [7, 11) is 1.69. The highest BCUT2D eigenvalue weighted by Gasteiger charge is 2.20. The first-order valence-electron chi connectivity index (χ1n) is 8.43. The zero-order valence-corrected chi connectivity index (χ0v) is 14.9. The van der Waals surface area contributed by atoms with Gasteiger partial charge in [-0.05, 0) is 48.5 Å². The predicted octanol–water partition coefficient (Wildman–Crippen LogP) is 3.15. The van der Waals surface area contributed by atoms with Crippen molar-refractivity contribution in [3.8, 4) is 5.75 Å². The van der Waals surface area contributed by atoms with Crippen LogP contribution in [-0.4, -0.2) is 55.5 Å². The Hall–Kier alpha value is -1.85. The molecular weight excluding hydrogens is 320 g/mol. The third kappa shape index (κ3) is 4.36. The lowest BCUT2D eigenvalue weighted by molar-refractivity contribution is 0.0762. The van der Waals surface area contributed by atoms with Crippen LogP contribution in [0.5, 0.6) is 5.75 Å². The Balaban J connectivity index is 1.49. The van der Waals surface area contributed by atoms with Gasteiger partial charge in [0, 0.05) is 31.6 Å². The molecule has 0 spiro atoms. The number of nitrogens with zero attached hydrogens (tertiary/aromatic N) is 2. The maximum atomic E-state index is 12.5. The van der Waals surface area contributed by atoms with Crippen molar-refractivity contribution in [1.29, 1.82) is 0 Å². The van der Waals surface area contributed by atoms with E-state index in [2.05, 4.69) is 17.0 Å². The van der Waals surface area contributed by atoms with Crippen LogP contribution in [0.15, 0.2) is 41.1 Å². The molecule has 0 radical (unpaired) electrons. The molecule has 5 heteroatoms. The van der Waals surface area contributed by atoms with Crippen molar-refractivity contribution in [2.24, 2.45) is 0 Å². The maximum absolute atomic E-state index is 12.5. The first-order valence-corrected chi connectivity index (χ1v) is 9.37. The Kier molecular flexibility index (Phi) is 5.88. The van der Waals surface area contributed by atoms with Crippen LogP contribution in [0, 0.1) is 0 Å². The number of ether oxygens (including phenoxy) is 1. The maximum Gasteiger partial charge on any atom is 0.254 e. The van der Waals surface area contributed by atoms with Gasteiger partial charge < -0.3 is 14.5 Å². The van der Waals surface area contributed by atoms with Crippen LogP contribution < -0.4 is 4.74 Å². The molecule has 1 aromatic carbocycles. The van der Waals surface area contributed by atoms with Gasteiger partial charge in [-0.2, -0.15) is 11.3 Å². The van der Waals surface area contributed by atoms with Crippen LogP contribution in [0.2, 0.25) is 0 Å². The van der Waals surface area contributed by atoms with E-state index in [0.717, 1.165) is 56.9 Å². The van der Waals surface area contributed by atoms with Crippen molar-refractivity contribution in [1.82, 2.24) is 9.80 Å². The average molecular weight is 344 g/mol. The molecule has 24 heavy (non-hydrogen) atoms. The zero-order chi connectivity index (χ0) is 16.8. The number of thiophene rings is 1. The normalized spacial score (nSPS) is 16.0. The summed E-state index contributed by atoms with van der Waals surface area (Å²) >= 11 is 1.58. The molecule has 1 fully saturated rings. The van der Waals surface area contributed by atoms with Gasteiger partial charge in [0.25, 0.3) is 5.91 Å². The number of amides is 1. The molecule has 1 aliphatic heterocycles. The molecule has 3 rings (SSSR count). The van der Waals surface area contributed by atoms with E-state index in [0.29, 0.717) is 0 Å². The Morgan fingerprint density at radius 3 is 2.67 bits per heavy atom. The van der Waals surface area contributed by atoms with Crippen molar-refractivity contribution in [3.63, 3.8) is 0 Å². The third-order valence-corrected chi connectivity index (χ3v) is 5.20. The topological polar surface area (TPSA) is 32.8 Å². The fraction of sp³-hybridized carbons (Fsp3) is 0.421. The molecule has 1 aliphatic rings. The summed E-state index contributed by atoms with van der Waals surface area (Å²) < 4.78 is 5.20. The Morgan fingerprint density at radius 1 is 1.12 bits per heavy atom. The van der Waals surface area contributed by atoms with Crippen molar-refractivity contribution >= 4 is 17.2 Å². The Bertz CT molecular complexity index is 640. The monoisotopic (exact) mass is 344 g/mol. The number of rotatable bonds is 5. The molecular formula is C19H24N2O2S. The second-order valence-corrected chi connectivity index (χ2v) is 6.88. The molecule has 0 N–H and O–H groups in total. The predicted molar refractivity (Wildman–Crippen MR) is 98.0 cm³/mol. The molecule has 1 amide bonds. The number of carbonyl (C=O) groups excluding carboxylic acids is 1.